The van der Waals surface area contributed by atoms with Gasteiger partial charge in [-0.3, -0.25) is 13.9 Å². The molecule has 0 aliphatic carbocycles. The molecule has 47 heavy (non-hydrogen) atoms. The maximum atomic E-state index is 14.5. The van der Waals surface area contributed by atoms with Crippen molar-refractivity contribution in [2.45, 2.75) is 43.8 Å². The van der Waals surface area contributed by atoms with Crippen molar-refractivity contribution in [3.05, 3.63) is 119 Å². The molecule has 0 aliphatic heterocycles. The van der Waals surface area contributed by atoms with Crippen LogP contribution in [0.3, 0.4) is 0 Å². The highest BCUT2D eigenvalue weighted by Gasteiger charge is 2.35. The van der Waals surface area contributed by atoms with Crippen molar-refractivity contribution in [3.8, 4) is 11.5 Å². The first kappa shape index (κ1) is 35.2. The summed E-state index contributed by atoms with van der Waals surface area (Å²) >= 11 is 6.13. The van der Waals surface area contributed by atoms with Crippen molar-refractivity contribution in [1.82, 2.24) is 10.2 Å². The number of nitrogens with zero attached hydrogens (tertiary/aromatic N) is 2. The summed E-state index contributed by atoms with van der Waals surface area (Å²) in [5.74, 6) is -1.03. The van der Waals surface area contributed by atoms with E-state index in [1.165, 1.54) is 85.8 Å². The number of hydrogen-bond acceptors (Lipinski definition) is 6. The molecule has 4 aromatic carbocycles. The van der Waals surface area contributed by atoms with Gasteiger partial charge in [0.25, 0.3) is 10.0 Å². The van der Waals surface area contributed by atoms with E-state index in [2.05, 4.69) is 5.32 Å². The lowest BCUT2D eigenvalue weighted by molar-refractivity contribution is -0.140. The van der Waals surface area contributed by atoms with Crippen molar-refractivity contribution in [2.24, 2.45) is 0 Å². The van der Waals surface area contributed by atoms with E-state index in [0.717, 1.165) is 9.87 Å². The number of ether oxygens (including phenoxy) is 2. The van der Waals surface area contributed by atoms with Crippen molar-refractivity contribution >= 4 is 39.1 Å². The third kappa shape index (κ3) is 9.02. The van der Waals surface area contributed by atoms with Gasteiger partial charge in [-0.2, -0.15) is 0 Å². The molecule has 1 atom stereocenters. The van der Waals surface area contributed by atoms with Crippen LogP contribution in [0.1, 0.15) is 25.0 Å². The van der Waals surface area contributed by atoms with Gasteiger partial charge in [-0.05, 0) is 73.5 Å². The van der Waals surface area contributed by atoms with E-state index in [-0.39, 0.29) is 35.3 Å². The number of benzene rings is 4. The summed E-state index contributed by atoms with van der Waals surface area (Å²) in [6, 6.07) is 23.6. The second-order valence-corrected chi connectivity index (χ2v) is 13.3. The predicted molar refractivity (Wildman–Crippen MR) is 180 cm³/mol. The van der Waals surface area contributed by atoms with Gasteiger partial charge in [-0.25, -0.2) is 12.8 Å². The van der Waals surface area contributed by atoms with E-state index < -0.39 is 40.2 Å². The van der Waals surface area contributed by atoms with Crippen LogP contribution in [0, 0.1) is 5.82 Å². The van der Waals surface area contributed by atoms with E-state index in [4.69, 9.17) is 21.1 Å². The maximum absolute atomic E-state index is 14.5. The number of anilines is 1. The molecule has 0 aromatic heterocycles. The molecule has 0 aliphatic rings. The highest BCUT2D eigenvalue weighted by molar-refractivity contribution is 7.92. The highest BCUT2D eigenvalue weighted by Crippen LogP contribution is 2.33. The minimum Gasteiger partial charge on any atom is -0.493 e. The Morgan fingerprint density at radius 1 is 0.851 bits per heavy atom. The quantitative estimate of drug-likeness (QED) is 0.179. The Morgan fingerprint density at radius 2 is 1.49 bits per heavy atom. The smallest absolute Gasteiger partial charge is 0.264 e. The molecule has 0 heterocycles. The second-order valence-electron chi connectivity index (χ2n) is 11.0. The molecule has 0 radical (unpaired) electrons. The topological polar surface area (TPSA) is 105 Å². The van der Waals surface area contributed by atoms with Crippen LogP contribution in [0.5, 0.6) is 11.5 Å². The Labute approximate surface area is 279 Å². The highest BCUT2D eigenvalue weighted by atomic mass is 35.5. The number of carbonyl (C=O) groups excluding carboxylic acids is 2. The van der Waals surface area contributed by atoms with E-state index in [1.807, 2.05) is 44.2 Å². The number of methoxy groups -OCH3 is 2. The molecule has 0 spiro atoms. The molecular formula is C35H37ClFN3O6S. The molecule has 0 saturated carbocycles. The van der Waals surface area contributed by atoms with Crippen LogP contribution in [0.25, 0.3) is 0 Å². The average molecular weight is 682 g/mol. The lowest BCUT2D eigenvalue weighted by Crippen LogP contribution is -2.54. The fourth-order valence-corrected chi connectivity index (χ4v) is 6.52. The standard InChI is InChI=1S/C35H37ClFN3O6S/c1-24(2)38-35(42)31(20-25-8-6-5-7-9-25)39(22-26-10-14-28(37)15-11-26)34(41)23-40(29-16-12-27(36)13-17-29)47(43,44)30-18-19-32(45-3)33(21-30)46-4/h5-19,21,24,31H,20,22-23H2,1-4H3,(H,38,42)/t31-/m0/s1. The maximum Gasteiger partial charge on any atom is 0.264 e. The number of rotatable bonds is 14. The first-order valence-corrected chi connectivity index (χ1v) is 16.6. The fraction of sp³-hybridized carbons (Fsp3) is 0.257. The molecule has 248 valence electrons. The molecule has 2 amide bonds. The molecule has 0 bridgehead atoms. The van der Waals surface area contributed by atoms with Gasteiger partial charge in [0.2, 0.25) is 11.8 Å². The van der Waals surface area contributed by atoms with E-state index in [0.29, 0.717) is 16.3 Å². The minimum absolute atomic E-state index is 0.0903. The zero-order valence-corrected chi connectivity index (χ0v) is 28.1. The van der Waals surface area contributed by atoms with Gasteiger partial charge in [0.1, 0.15) is 18.4 Å². The lowest BCUT2D eigenvalue weighted by Gasteiger charge is -2.34. The number of halogens is 2. The van der Waals surface area contributed by atoms with Crippen LogP contribution in [0.15, 0.2) is 102 Å². The van der Waals surface area contributed by atoms with Gasteiger partial charge in [0.15, 0.2) is 11.5 Å². The normalized spacial score (nSPS) is 11.9. The van der Waals surface area contributed by atoms with Gasteiger partial charge in [-0.15, -0.1) is 0 Å². The summed E-state index contributed by atoms with van der Waals surface area (Å²) in [7, 11) is -1.58. The third-order valence-corrected chi connectivity index (χ3v) is 9.33. The van der Waals surface area contributed by atoms with Crippen LogP contribution >= 0.6 is 11.6 Å². The molecular weight excluding hydrogens is 645 g/mol. The number of carbonyl (C=O) groups is 2. The third-order valence-electron chi connectivity index (χ3n) is 7.30. The van der Waals surface area contributed by atoms with E-state index >= 15 is 0 Å². The summed E-state index contributed by atoms with van der Waals surface area (Å²) in [5.41, 5.74) is 1.52. The molecule has 9 nitrogen and oxygen atoms in total. The summed E-state index contributed by atoms with van der Waals surface area (Å²) in [4.78, 5) is 29.4. The van der Waals surface area contributed by atoms with Crippen molar-refractivity contribution in [2.75, 3.05) is 25.1 Å². The number of hydrogen-bond donors (Lipinski definition) is 1. The second kappa shape index (κ2) is 15.8. The Bertz CT molecular complexity index is 1770. The largest absolute Gasteiger partial charge is 0.493 e. The Kier molecular flexibility index (Phi) is 11.8. The Morgan fingerprint density at radius 3 is 2.09 bits per heavy atom. The van der Waals surface area contributed by atoms with Crippen LogP contribution in [0.4, 0.5) is 10.1 Å². The average Bonchev–Trinajstić information content (AvgIpc) is 3.06. The van der Waals surface area contributed by atoms with Crippen molar-refractivity contribution in [1.29, 1.82) is 0 Å². The van der Waals surface area contributed by atoms with Gasteiger partial charge in [0.05, 0.1) is 24.8 Å². The van der Waals surface area contributed by atoms with Crippen molar-refractivity contribution < 1.29 is 31.9 Å². The van der Waals surface area contributed by atoms with E-state index in [9.17, 15) is 22.4 Å². The fourth-order valence-electron chi connectivity index (χ4n) is 4.96. The summed E-state index contributed by atoms with van der Waals surface area (Å²) < 4.78 is 54.0. The van der Waals surface area contributed by atoms with Gasteiger partial charge >= 0.3 is 0 Å². The van der Waals surface area contributed by atoms with Crippen molar-refractivity contribution in [3.63, 3.8) is 0 Å². The van der Waals surface area contributed by atoms with Crippen LogP contribution in [-0.2, 0) is 32.6 Å². The molecule has 4 rings (SSSR count). The number of sulfonamides is 1. The first-order chi connectivity index (χ1) is 22.4. The SMILES string of the molecule is COc1ccc(S(=O)(=O)N(CC(=O)N(Cc2ccc(F)cc2)[C@@H](Cc2ccccc2)C(=O)NC(C)C)c2ccc(Cl)cc2)cc1OC. The Hall–Kier alpha value is -4.61. The zero-order chi connectivity index (χ0) is 34.1. The number of nitrogens with one attached hydrogen (secondary N) is 1. The summed E-state index contributed by atoms with van der Waals surface area (Å²) in [5, 5.41) is 3.27. The molecule has 4 aromatic rings. The molecule has 1 N–H and O–H groups in total. The van der Waals surface area contributed by atoms with Gasteiger partial charge in [-0.1, -0.05) is 54.1 Å². The van der Waals surface area contributed by atoms with Gasteiger partial charge < -0.3 is 19.7 Å². The van der Waals surface area contributed by atoms with Gasteiger partial charge in [0, 0.05) is 30.1 Å². The Balaban J connectivity index is 1.82. The van der Waals surface area contributed by atoms with Crippen LogP contribution in [0.2, 0.25) is 5.02 Å². The van der Waals surface area contributed by atoms with Crippen LogP contribution < -0.4 is 19.1 Å². The molecule has 0 fully saturated rings. The lowest BCUT2D eigenvalue weighted by atomic mass is 10.0. The monoisotopic (exact) mass is 681 g/mol. The minimum atomic E-state index is -4.40. The van der Waals surface area contributed by atoms with E-state index in [1.54, 1.807) is 0 Å². The zero-order valence-electron chi connectivity index (χ0n) is 26.5. The molecule has 0 saturated heterocycles. The molecule has 0 unspecified atom stereocenters. The van der Waals surface area contributed by atoms with Crippen LogP contribution in [-0.4, -0.2) is 58.0 Å². The summed E-state index contributed by atoms with van der Waals surface area (Å²) in [6.07, 6.45) is 0.149. The summed E-state index contributed by atoms with van der Waals surface area (Å²) in [6.45, 7) is 2.86. The molecule has 12 heteroatoms. The predicted octanol–water partition coefficient (Wildman–Crippen LogP) is 5.86. The first-order valence-electron chi connectivity index (χ1n) is 14.8. The number of amides is 2.